The van der Waals surface area contributed by atoms with Gasteiger partial charge in [-0.05, 0) is 66.8 Å². The summed E-state index contributed by atoms with van der Waals surface area (Å²) < 4.78 is 6.31. The Morgan fingerprint density at radius 2 is 1.84 bits per heavy atom. The van der Waals surface area contributed by atoms with E-state index in [9.17, 15) is 9.59 Å². The zero-order valence-corrected chi connectivity index (χ0v) is 18.4. The van der Waals surface area contributed by atoms with E-state index in [1.807, 2.05) is 42.5 Å². The lowest BCUT2D eigenvalue weighted by molar-refractivity contribution is -0.123. The largest absolute Gasteiger partial charge is 0.337 e. The molecule has 2 aliphatic heterocycles. The number of aromatic nitrogens is 2. The minimum absolute atomic E-state index is 0.0885. The lowest BCUT2D eigenvalue weighted by atomic mass is 10.1. The maximum absolute atomic E-state index is 13.2. The van der Waals surface area contributed by atoms with Crippen molar-refractivity contribution in [3.05, 3.63) is 64.0 Å². The number of nitrogens with zero attached hydrogens (tertiary/aromatic N) is 6. The Hall–Kier alpha value is -3.40. The standard InChI is InChI=1S/C22H17BrN6O3/c23-15-7-4-13(5-8-15)20-24-17(32-26-20)11-28-19-18(25-27-28)21(30)29(22(19)31)16-9-6-12-2-1-3-14(12)10-16/h4-10,18-19H,1-3,11H2/t18-,19+/m1/s1. The number of rotatable bonds is 4. The highest BCUT2D eigenvalue weighted by Crippen LogP contribution is 2.35. The van der Waals surface area contributed by atoms with E-state index in [0.29, 0.717) is 17.4 Å². The molecule has 1 saturated heterocycles. The summed E-state index contributed by atoms with van der Waals surface area (Å²) in [7, 11) is 0. The zero-order valence-electron chi connectivity index (χ0n) is 16.8. The summed E-state index contributed by atoms with van der Waals surface area (Å²) in [6.07, 6.45) is 3.10. The average molecular weight is 493 g/mol. The van der Waals surface area contributed by atoms with Crippen molar-refractivity contribution in [2.24, 2.45) is 10.3 Å². The van der Waals surface area contributed by atoms with Gasteiger partial charge in [-0.1, -0.05) is 32.4 Å². The minimum Gasteiger partial charge on any atom is -0.337 e. The fourth-order valence-electron chi connectivity index (χ4n) is 4.48. The number of amides is 2. The van der Waals surface area contributed by atoms with E-state index in [4.69, 9.17) is 4.52 Å². The number of anilines is 1. The van der Waals surface area contributed by atoms with Crippen LogP contribution in [0.15, 0.2) is 61.8 Å². The summed E-state index contributed by atoms with van der Waals surface area (Å²) >= 11 is 3.40. The van der Waals surface area contributed by atoms with Crippen molar-refractivity contribution in [1.82, 2.24) is 15.1 Å². The minimum atomic E-state index is -0.857. The molecule has 1 aliphatic carbocycles. The van der Waals surface area contributed by atoms with Crippen molar-refractivity contribution in [3.63, 3.8) is 0 Å². The van der Waals surface area contributed by atoms with E-state index in [1.165, 1.54) is 21.0 Å². The Morgan fingerprint density at radius 1 is 1.03 bits per heavy atom. The maximum atomic E-state index is 13.2. The molecule has 0 radical (unpaired) electrons. The zero-order chi connectivity index (χ0) is 21.8. The van der Waals surface area contributed by atoms with Crippen LogP contribution in [0, 0.1) is 0 Å². The van der Waals surface area contributed by atoms with Gasteiger partial charge in [0.25, 0.3) is 11.8 Å². The van der Waals surface area contributed by atoms with Gasteiger partial charge < -0.3 is 4.52 Å². The summed E-state index contributed by atoms with van der Waals surface area (Å²) in [6, 6.07) is 11.7. The molecule has 0 bridgehead atoms. The highest BCUT2D eigenvalue weighted by atomic mass is 79.9. The number of carbonyl (C=O) groups excluding carboxylic acids is 2. The van der Waals surface area contributed by atoms with E-state index in [1.54, 1.807) is 0 Å². The number of carbonyl (C=O) groups is 2. The first kappa shape index (κ1) is 19.3. The molecule has 1 fully saturated rings. The summed E-state index contributed by atoms with van der Waals surface area (Å²) in [5, 5.41) is 13.6. The van der Waals surface area contributed by atoms with Crippen LogP contribution >= 0.6 is 15.9 Å². The summed E-state index contributed by atoms with van der Waals surface area (Å²) in [6.45, 7) is 0.0885. The third-order valence-electron chi connectivity index (χ3n) is 6.07. The number of benzene rings is 2. The van der Waals surface area contributed by atoms with Crippen LogP contribution < -0.4 is 4.90 Å². The lowest BCUT2D eigenvalue weighted by Gasteiger charge is -2.19. The number of aryl methyl sites for hydroxylation is 2. The van der Waals surface area contributed by atoms with Gasteiger partial charge >= 0.3 is 0 Å². The van der Waals surface area contributed by atoms with Crippen molar-refractivity contribution in [1.29, 1.82) is 0 Å². The molecule has 0 N–H and O–H groups in total. The van der Waals surface area contributed by atoms with Gasteiger partial charge in [-0.15, -0.1) is 0 Å². The van der Waals surface area contributed by atoms with Crippen molar-refractivity contribution in [2.75, 3.05) is 4.90 Å². The Kier molecular flexibility index (Phi) is 4.42. The SMILES string of the molecule is O=C1[C@@H]2[C@@H](N=NN2Cc2nc(-c3ccc(Br)cc3)no2)C(=O)N1c1ccc2c(c1)CCC2. The number of imide groups is 1. The van der Waals surface area contributed by atoms with Gasteiger partial charge in [0.1, 0.15) is 6.54 Å². The maximum Gasteiger partial charge on any atom is 0.263 e. The van der Waals surface area contributed by atoms with Gasteiger partial charge in [0, 0.05) is 10.0 Å². The highest BCUT2D eigenvalue weighted by Gasteiger charge is 2.55. The van der Waals surface area contributed by atoms with Crippen LogP contribution in [0.3, 0.4) is 0 Å². The molecule has 10 heteroatoms. The predicted molar refractivity (Wildman–Crippen MR) is 116 cm³/mol. The monoisotopic (exact) mass is 492 g/mol. The van der Waals surface area contributed by atoms with Gasteiger partial charge in [0.2, 0.25) is 11.7 Å². The second kappa shape index (κ2) is 7.33. The number of fused-ring (bicyclic) bond motifs is 2. The van der Waals surface area contributed by atoms with E-state index in [-0.39, 0.29) is 18.4 Å². The predicted octanol–water partition coefficient (Wildman–Crippen LogP) is 3.48. The van der Waals surface area contributed by atoms with Gasteiger partial charge in [0.15, 0.2) is 12.1 Å². The molecule has 0 spiro atoms. The molecule has 160 valence electrons. The molecule has 2 amide bonds. The van der Waals surface area contributed by atoms with Crippen LogP contribution in [-0.2, 0) is 29.0 Å². The molecule has 3 aliphatic rings. The topological polar surface area (TPSA) is 104 Å². The highest BCUT2D eigenvalue weighted by molar-refractivity contribution is 9.10. The van der Waals surface area contributed by atoms with Crippen molar-refractivity contribution < 1.29 is 14.1 Å². The first-order valence-corrected chi connectivity index (χ1v) is 11.1. The van der Waals surface area contributed by atoms with Crippen LogP contribution in [0.4, 0.5) is 5.69 Å². The van der Waals surface area contributed by atoms with E-state index in [0.717, 1.165) is 29.3 Å². The number of hydrogen-bond donors (Lipinski definition) is 0. The smallest absolute Gasteiger partial charge is 0.263 e. The van der Waals surface area contributed by atoms with Crippen LogP contribution in [0.1, 0.15) is 23.4 Å². The molecular weight excluding hydrogens is 476 g/mol. The first-order chi connectivity index (χ1) is 15.6. The Labute approximate surface area is 191 Å². The molecule has 0 saturated carbocycles. The number of halogens is 1. The molecule has 2 atom stereocenters. The summed E-state index contributed by atoms with van der Waals surface area (Å²) in [4.78, 5) is 31.9. The lowest BCUT2D eigenvalue weighted by Crippen LogP contribution is -2.39. The van der Waals surface area contributed by atoms with E-state index in [2.05, 4.69) is 36.4 Å². The summed E-state index contributed by atoms with van der Waals surface area (Å²) in [5.41, 5.74) is 3.89. The van der Waals surface area contributed by atoms with Crippen molar-refractivity contribution in [2.45, 2.75) is 37.9 Å². The molecule has 9 nitrogen and oxygen atoms in total. The molecule has 2 aromatic carbocycles. The molecule has 3 heterocycles. The van der Waals surface area contributed by atoms with Gasteiger partial charge in [-0.3, -0.25) is 14.6 Å². The molecule has 0 unspecified atom stereocenters. The second-order valence-corrected chi connectivity index (χ2v) is 8.94. The van der Waals surface area contributed by atoms with Gasteiger partial charge in [-0.25, -0.2) is 4.90 Å². The van der Waals surface area contributed by atoms with Crippen molar-refractivity contribution >= 4 is 33.4 Å². The van der Waals surface area contributed by atoms with Crippen molar-refractivity contribution in [3.8, 4) is 11.4 Å². The second-order valence-electron chi connectivity index (χ2n) is 8.03. The quantitative estimate of drug-likeness (QED) is 0.516. The Morgan fingerprint density at radius 3 is 2.69 bits per heavy atom. The number of hydrogen-bond acceptors (Lipinski definition) is 8. The molecule has 32 heavy (non-hydrogen) atoms. The van der Waals surface area contributed by atoms with Gasteiger partial charge in [-0.2, -0.15) is 10.1 Å². The van der Waals surface area contributed by atoms with E-state index >= 15 is 0 Å². The Balaban J connectivity index is 1.23. The third kappa shape index (κ3) is 3.05. The van der Waals surface area contributed by atoms with Crippen LogP contribution in [0.2, 0.25) is 0 Å². The fourth-order valence-corrected chi connectivity index (χ4v) is 4.74. The summed E-state index contributed by atoms with van der Waals surface area (Å²) in [5.74, 6) is 0.0356. The third-order valence-corrected chi connectivity index (χ3v) is 6.59. The van der Waals surface area contributed by atoms with Crippen LogP contribution in [-0.4, -0.2) is 39.0 Å². The van der Waals surface area contributed by atoms with Crippen LogP contribution in [0.5, 0.6) is 0 Å². The van der Waals surface area contributed by atoms with E-state index < -0.39 is 12.1 Å². The first-order valence-electron chi connectivity index (χ1n) is 10.3. The molecule has 3 aromatic rings. The van der Waals surface area contributed by atoms with Gasteiger partial charge in [0.05, 0.1) is 5.69 Å². The average Bonchev–Trinajstić information content (AvgIpc) is 3.56. The molecular formula is C22H17BrN6O3. The fraction of sp³-hybridized carbons (Fsp3) is 0.273. The molecule has 6 rings (SSSR count). The normalized spacial score (nSPS) is 21.5. The van der Waals surface area contributed by atoms with Crippen LogP contribution in [0.25, 0.3) is 11.4 Å². The Bertz CT molecular complexity index is 1270. The molecule has 1 aromatic heterocycles.